The van der Waals surface area contributed by atoms with Crippen molar-refractivity contribution in [1.29, 1.82) is 0 Å². The number of fused-ring (bicyclic) bond motifs is 1. The Balaban J connectivity index is 1.32. The van der Waals surface area contributed by atoms with Gasteiger partial charge >= 0.3 is 0 Å². The number of rotatable bonds is 5. The van der Waals surface area contributed by atoms with Gasteiger partial charge in [0.25, 0.3) is 11.5 Å². The monoisotopic (exact) mass is 481 g/mol. The molecule has 4 aromatic rings. The molecule has 1 unspecified atom stereocenters. The molecule has 0 aliphatic carbocycles. The predicted molar refractivity (Wildman–Crippen MR) is 144 cm³/mol. The van der Waals surface area contributed by atoms with Crippen molar-refractivity contribution < 1.29 is 9.90 Å². The molecule has 0 radical (unpaired) electrons. The quantitative estimate of drug-likeness (QED) is 0.415. The number of hydrogen-bond acceptors (Lipinski definition) is 4. The van der Waals surface area contributed by atoms with Crippen LogP contribution in [0.4, 0.5) is 5.69 Å². The van der Waals surface area contributed by atoms with E-state index in [9.17, 15) is 14.7 Å². The number of carbonyl (C=O) groups excluding carboxylic acids is 1. The number of amides is 1. The molecule has 3 aromatic carbocycles. The van der Waals surface area contributed by atoms with E-state index in [4.69, 9.17) is 0 Å². The van der Waals surface area contributed by atoms with Crippen LogP contribution in [0, 0.1) is 0 Å². The SMILES string of the molecule is CC(NC(=O)c1c(O)c(=O)n(C)c2ccccc12)c1cccc(N2CCC(c3ccccc3)CC2)c1. The molecular formula is C30H31N3O3. The highest BCUT2D eigenvalue weighted by molar-refractivity contribution is 6.08. The second-order valence-electron chi connectivity index (χ2n) is 9.57. The van der Waals surface area contributed by atoms with Gasteiger partial charge in [0.05, 0.1) is 17.1 Å². The van der Waals surface area contributed by atoms with E-state index in [1.54, 1.807) is 31.3 Å². The van der Waals surface area contributed by atoms with Crippen molar-refractivity contribution in [3.8, 4) is 5.75 Å². The number of nitrogens with zero attached hydrogens (tertiary/aromatic N) is 2. The Bertz CT molecular complexity index is 1450. The molecule has 1 saturated heterocycles. The van der Waals surface area contributed by atoms with Gasteiger partial charge in [-0.05, 0) is 55.0 Å². The van der Waals surface area contributed by atoms with Gasteiger partial charge in [0.1, 0.15) is 0 Å². The number of para-hydroxylation sites is 1. The van der Waals surface area contributed by atoms with Crippen LogP contribution in [0.25, 0.3) is 10.9 Å². The molecule has 2 heterocycles. The first-order valence-electron chi connectivity index (χ1n) is 12.5. The summed E-state index contributed by atoms with van der Waals surface area (Å²) in [6.07, 6.45) is 2.21. The lowest BCUT2D eigenvalue weighted by Crippen LogP contribution is -2.33. The number of pyridine rings is 1. The first-order valence-corrected chi connectivity index (χ1v) is 12.5. The summed E-state index contributed by atoms with van der Waals surface area (Å²) in [5.41, 5.74) is 3.54. The molecule has 0 spiro atoms. The van der Waals surface area contributed by atoms with E-state index in [0.29, 0.717) is 16.8 Å². The molecule has 1 fully saturated rings. The van der Waals surface area contributed by atoms with Gasteiger partial charge < -0.3 is 19.9 Å². The lowest BCUT2D eigenvalue weighted by molar-refractivity contribution is 0.0938. The number of nitrogens with one attached hydrogen (secondary N) is 1. The molecule has 5 rings (SSSR count). The Morgan fingerprint density at radius 3 is 2.42 bits per heavy atom. The molecule has 1 atom stereocenters. The summed E-state index contributed by atoms with van der Waals surface area (Å²) in [4.78, 5) is 28.2. The van der Waals surface area contributed by atoms with Crippen LogP contribution in [0.3, 0.4) is 0 Å². The number of hydrogen-bond donors (Lipinski definition) is 2. The summed E-state index contributed by atoms with van der Waals surface area (Å²) in [6, 6.07) is 25.7. The number of anilines is 1. The van der Waals surface area contributed by atoms with E-state index in [1.807, 2.05) is 19.1 Å². The van der Waals surface area contributed by atoms with E-state index >= 15 is 0 Å². The molecule has 1 amide bonds. The van der Waals surface area contributed by atoms with E-state index in [0.717, 1.165) is 37.2 Å². The summed E-state index contributed by atoms with van der Waals surface area (Å²) in [5.74, 6) is -0.413. The maximum Gasteiger partial charge on any atom is 0.293 e. The van der Waals surface area contributed by atoms with Gasteiger partial charge in [0.15, 0.2) is 5.75 Å². The maximum absolute atomic E-state index is 13.3. The molecule has 6 heteroatoms. The normalized spacial score (nSPS) is 15.1. The predicted octanol–water partition coefficient (Wildman–Crippen LogP) is 5.12. The van der Waals surface area contributed by atoms with E-state index in [2.05, 4.69) is 52.7 Å². The molecular weight excluding hydrogens is 450 g/mol. The number of aromatic hydroxyl groups is 1. The van der Waals surface area contributed by atoms with E-state index in [-0.39, 0.29) is 11.6 Å². The zero-order valence-electron chi connectivity index (χ0n) is 20.6. The molecule has 6 nitrogen and oxygen atoms in total. The second-order valence-corrected chi connectivity index (χ2v) is 9.57. The summed E-state index contributed by atoms with van der Waals surface area (Å²) in [5, 5.41) is 14.1. The fourth-order valence-electron chi connectivity index (χ4n) is 5.25. The third-order valence-corrected chi connectivity index (χ3v) is 7.35. The average molecular weight is 482 g/mol. The number of carbonyl (C=O) groups is 1. The zero-order valence-corrected chi connectivity index (χ0v) is 20.6. The third-order valence-electron chi connectivity index (χ3n) is 7.35. The van der Waals surface area contributed by atoms with Crippen LogP contribution in [0.15, 0.2) is 83.7 Å². The molecule has 1 aliphatic rings. The third kappa shape index (κ3) is 4.47. The topological polar surface area (TPSA) is 74.6 Å². The standard InChI is InChI=1S/C30H31N3O3/c1-20(31-29(35)27-25-13-6-7-14-26(25)32(2)30(36)28(27)34)23-11-8-12-24(19-23)33-17-15-22(16-18-33)21-9-4-3-5-10-21/h3-14,19-20,22,34H,15-18H2,1-2H3,(H,31,35). The van der Waals surface area contributed by atoms with Crippen LogP contribution in [-0.4, -0.2) is 28.7 Å². The zero-order chi connectivity index (χ0) is 25.2. The van der Waals surface area contributed by atoms with Gasteiger partial charge in [-0.2, -0.15) is 0 Å². The molecule has 0 saturated carbocycles. The van der Waals surface area contributed by atoms with Crippen LogP contribution in [0.2, 0.25) is 0 Å². The van der Waals surface area contributed by atoms with Crippen LogP contribution >= 0.6 is 0 Å². The van der Waals surface area contributed by atoms with Gasteiger partial charge in [0, 0.05) is 31.2 Å². The first-order chi connectivity index (χ1) is 17.4. The first kappa shape index (κ1) is 23.7. The minimum absolute atomic E-state index is 0.0136. The van der Waals surface area contributed by atoms with Crippen molar-refractivity contribution in [2.75, 3.05) is 18.0 Å². The Morgan fingerprint density at radius 2 is 1.67 bits per heavy atom. The highest BCUT2D eigenvalue weighted by Crippen LogP contribution is 2.31. The van der Waals surface area contributed by atoms with Crippen LogP contribution in [-0.2, 0) is 7.05 Å². The molecule has 0 bridgehead atoms. The minimum Gasteiger partial charge on any atom is -0.502 e. The second kappa shape index (κ2) is 9.90. The van der Waals surface area contributed by atoms with E-state index < -0.39 is 17.2 Å². The van der Waals surface area contributed by atoms with Gasteiger partial charge in [-0.25, -0.2) is 0 Å². The number of piperidine rings is 1. The molecule has 184 valence electrons. The fraction of sp³-hybridized carbons (Fsp3) is 0.267. The smallest absolute Gasteiger partial charge is 0.293 e. The fourth-order valence-corrected chi connectivity index (χ4v) is 5.25. The largest absolute Gasteiger partial charge is 0.502 e. The van der Waals surface area contributed by atoms with Gasteiger partial charge in [-0.1, -0.05) is 60.7 Å². The van der Waals surface area contributed by atoms with Gasteiger partial charge in [-0.15, -0.1) is 0 Å². The molecule has 1 aliphatic heterocycles. The van der Waals surface area contributed by atoms with Crippen molar-refractivity contribution in [2.45, 2.75) is 31.7 Å². The summed E-state index contributed by atoms with van der Waals surface area (Å²) < 4.78 is 1.36. The number of aromatic nitrogens is 1. The van der Waals surface area contributed by atoms with Crippen LogP contribution < -0.4 is 15.8 Å². The maximum atomic E-state index is 13.3. The van der Waals surface area contributed by atoms with Crippen molar-refractivity contribution >= 4 is 22.5 Å². The Labute approximate surface area is 210 Å². The molecule has 1 aromatic heterocycles. The number of aryl methyl sites for hydroxylation is 1. The van der Waals surface area contributed by atoms with Gasteiger partial charge in [0.2, 0.25) is 0 Å². The van der Waals surface area contributed by atoms with Crippen LogP contribution in [0.5, 0.6) is 5.75 Å². The summed E-state index contributed by atoms with van der Waals surface area (Å²) in [7, 11) is 1.59. The molecule has 36 heavy (non-hydrogen) atoms. The molecule has 2 N–H and O–H groups in total. The lowest BCUT2D eigenvalue weighted by atomic mass is 9.89. The summed E-state index contributed by atoms with van der Waals surface area (Å²) >= 11 is 0. The Kier molecular flexibility index (Phi) is 6.51. The van der Waals surface area contributed by atoms with Crippen LogP contribution in [0.1, 0.15) is 53.2 Å². The summed E-state index contributed by atoms with van der Waals surface area (Å²) in [6.45, 7) is 3.88. The average Bonchev–Trinajstić information content (AvgIpc) is 2.92. The van der Waals surface area contributed by atoms with E-state index in [1.165, 1.54) is 10.1 Å². The lowest BCUT2D eigenvalue weighted by Gasteiger charge is -2.34. The minimum atomic E-state index is -0.590. The van der Waals surface area contributed by atoms with Crippen molar-refractivity contribution in [2.24, 2.45) is 7.05 Å². The highest BCUT2D eigenvalue weighted by Gasteiger charge is 2.23. The highest BCUT2D eigenvalue weighted by atomic mass is 16.3. The van der Waals surface area contributed by atoms with Crippen molar-refractivity contribution in [3.63, 3.8) is 0 Å². The number of benzene rings is 3. The van der Waals surface area contributed by atoms with Crippen molar-refractivity contribution in [3.05, 3.63) is 106 Å². The van der Waals surface area contributed by atoms with Gasteiger partial charge in [-0.3, -0.25) is 9.59 Å². The van der Waals surface area contributed by atoms with Crippen molar-refractivity contribution in [1.82, 2.24) is 9.88 Å². The Morgan fingerprint density at radius 1 is 0.972 bits per heavy atom. The Hall–Kier alpha value is -4.06.